The zero-order chi connectivity index (χ0) is 15.0. The molecule has 0 radical (unpaired) electrons. The average Bonchev–Trinajstić information content (AvgIpc) is 2.48. The van der Waals surface area contributed by atoms with E-state index in [0.29, 0.717) is 16.5 Å². The summed E-state index contributed by atoms with van der Waals surface area (Å²) in [6.45, 7) is 0.0406. The van der Waals surface area contributed by atoms with E-state index >= 15 is 0 Å². The molecular weight excluding hydrogens is 377 g/mol. The number of fused-ring (bicyclic) bond motifs is 1. The van der Waals surface area contributed by atoms with Gasteiger partial charge in [0.2, 0.25) is 0 Å². The molecule has 1 unspecified atom stereocenters. The second kappa shape index (κ2) is 5.87. The van der Waals surface area contributed by atoms with Gasteiger partial charge in [-0.3, -0.25) is 4.79 Å². The Kier molecular flexibility index (Phi) is 4.11. The number of nitrogens with one attached hydrogen (secondary N) is 1. The first-order valence-corrected chi connectivity index (χ1v) is 7.81. The van der Waals surface area contributed by atoms with Crippen LogP contribution in [0.25, 0.3) is 0 Å². The Balaban J connectivity index is 1.94. The van der Waals surface area contributed by atoms with Crippen molar-refractivity contribution in [3.8, 4) is 5.75 Å². The Bertz CT molecular complexity index is 721. The fourth-order valence-electron chi connectivity index (χ4n) is 2.12. The van der Waals surface area contributed by atoms with Crippen molar-refractivity contribution in [1.29, 1.82) is 0 Å². The fourth-order valence-corrected chi connectivity index (χ4v) is 2.83. The Hall–Kier alpha value is -1.23. The largest absolute Gasteiger partial charge is 0.482 e. The highest BCUT2D eigenvalue weighted by Crippen LogP contribution is 2.37. The Morgan fingerprint density at radius 3 is 2.67 bits per heavy atom. The lowest BCUT2D eigenvalue weighted by Gasteiger charge is -2.20. The molecule has 2 aromatic rings. The molecule has 2 aromatic carbocycles. The van der Waals surface area contributed by atoms with E-state index in [0.717, 1.165) is 15.6 Å². The predicted octanol–water partition coefficient (Wildman–Crippen LogP) is 4.76. The molecule has 0 spiro atoms. The van der Waals surface area contributed by atoms with Gasteiger partial charge in [0.15, 0.2) is 6.61 Å². The summed E-state index contributed by atoms with van der Waals surface area (Å²) >= 11 is 16.0. The number of hydrogen-bond donors (Lipinski definition) is 1. The van der Waals surface area contributed by atoms with Crippen molar-refractivity contribution >= 4 is 50.7 Å². The monoisotopic (exact) mass is 385 g/mol. The van der Waals surface area contributed by atoms with Gasteiger partial charge in [-0.05, 0) is 51.3 Å². The standard InChI is InChI=1S/C15H10BrCl2NO2/c16-10-3-1-8(5-11(10)17)15(18)9-2-4-13-12(6-9)19-14(20)7-21-13/h1-6,15H,7H2,(H,19,20). The first-order chi connectivity index (χ1) is 10.0. The fraction of sp³-hybridized carbons (Fsp3) is 0.133. The number of amides is 1. The van der Waals surface area contributed by atoms with Gasteiger partial charge in [0.1, 0.15) is 5.75 Å². The van der Waals surface area contributed by atoms with Crippen LogP contribution in [0.4, 0.5) is 5.69 Å². The third-order valence-electron chi connectivity index (χ3n) is 3.17. The average molecular weight is 387 g/mol. The predicted molar refractivity (Wildman–Crippen MR) is 87.4 cm³/mol. The van der Waals surface area contributed by atoms with Crippen molar-refractivity contribution in [2.45, 2.75) is 5.38 Å². The molecule has 3 rings (SSSR count). The maximum absolute atomic E-state index is 11.4. The normalized spacial score (nSPS) is 14.9. The molecule has 0 fully saturated rings. The number of carbonyl (C=O) groups is 1. The van der Waals surface area contributed by atoms with E-state index in [-0.39, 0.29) is 17.9 Å². The van der Waals surface area contributed by atoms with E-state index in [2.05, 4.69) is 21.2 Å². The molecule has 3 nitrogen and oxygen atoms in total. The highest BCUT2D eigenvalue weighted by Gasteiger charge is 2.19. The van der Waals surface area contributed by atoms with Gasteiger partial charge in [-0.2, -0.15) is 0 Å². The van der Waals surface area contributed by atoms with E-state index in [9.17, 15) is 4.79 Å². The van der Waals surface area contributed by atoms with Crippen molar-refractivity contribution in [1.82, 2.24) is 0 Å². The minimum absolute atomic E-state index is 0.0406. The molecular formula is C15H10BrCl2NO2. The van der Waals surface area contributed by atoms with Crippen molar-refractivity contribution in [2.75, 3.05) is 11.9 Å². The number of alkyl halides is 1. The van der Waals surface area contributed by atoms with E-state index in [1.54, 1.807) is 6.07 Å². The first-order valence-electron chi connectivity index (χ1n) is 6.20. The zero-order valence-corrected chi connectivity index (χ0v) is 13.8. The number of anilines is 1. The lowest BCUT2D eigenvalue weighted by Crippen LogP contribution is -2.25. The Labute approximate surface area is 140 Å². The van der Waals surface area contributed by atoms with Crippen LogP contribution < -0.4 is 10.1 Å². The Morgan fingerprint density at radius 2 is 1.90 bits per heavy atom. The van der Waals surface area contributed by atoms with E-state index in [4.69, 9.17) is 27.9 Å². The minimum Gasteiger partial charge on any atom is -0.482 e. The number of halogens is 3. The van der Waals surface area contributed by atoms with Gasteiger partial charge in [-0.15, -0.1) is 11.6 Å². The molecule has 0 aromatic heterocycles. The van der Waals surface area contributed by atoms with Crippen LogP contribution in [-0.4, -0.2) is 12.5 Å². The molecule has 6 heteroatoms. The summed E-state index contributed by atoms with van der Waals surface area (Å²) in [4.78, 5) is 11.4. The zero-order valence-electron chi connectivity index (χ0n) is 10.7. The van der Waals surface area contributed by atoms with Gasteiger partial charge in [-0.1, -0.05) is 23.7 Å². The molecule has 1 amide bonds. The minimum atomic E-state index is -0.361. The summed E-state index contributed by atoms with van der Waals surface area (Å²) in [5.41, 5.74) is 2.38. The van der Waals surface area contributed by atoms with Crippen LogP contribution in [0.5, 0.6) is 5.75 Å². The van der Waals surface area contributed by atoms with Gasteiger partial charge in [-0.25, -0.2) is 0 Å². The molecule has 1 aliphatic heterocycles. The smallest absolute Gasteiger partial charge is 0.262 e. The van der Waals surface area contributed by atoms with Crippen LogP contribution in [0.15, 0.2) is 40.9 Å². The molecule has 0 aliphatic carbocycles. The first kappa shape index (κ1) is 14.7. The number of rotatable bonds is 2. The maximum atomic E-state index is 11.4. The van der Waals surface area contributed by atoms with Crippen molar-refractivity contribution < 1.29 is 9.53 Å². The number of hydrogen-bond acceptors (Lipinski definition) is 2. The molecule has 1 aliphatic rings. The second-order valence-electron chi connectivity index (χ2n) is 4.63. The third-order valence-corrected chi connectivity index (χ3v) is 4.90. The van der Waals surface area contributed by atoms with Gasteiger partial charge in [0.25, 0.3) is 5.91 Å². The molecule has 1 N–H and O–H groups in total. The molecule has 1 heterocycles. The molecule has 0 bridgehead atoms. The van der Waals surface area contributed by atoms with Crippen LogP contribution in [0.3, 0.4) is 0 Å². The number of ether oxygens (including phenoxy) is 1. The summed E-state index contributed by atoms with van der Waals surface area (Å²) in [5, 5.41) is 3.01. The van der Waals surface area contributed by atoms with E-state index in [1.807, 2.05) is 30.3 Å². The lowest BCUT2D eigenvalue weighted by molar-refractivity contribution is -0.118. The van der Waals surface area contributed by atoms with Crippen LogP contribution >= 0.6 is 39.1 Å². The maximum Gasteiger partial charge on any atom is 0.262 e. The summed E-state index contributed by atoms with van der Waals surface area (Å²) in [6.07, 6.45) is 0. The quantitative estimate of drug-likeness (QED) is 0.755. The molecule has 1 atom stereocenters. The molecule has 21 heavy (non-hydrogen) atoms. The van der Waals surface area contributed by atoms with Crippen molar-refractivity contribution in [3.63, 3.8) is 0 Å². The van der Waals surface area contributed by atoms with Crippen molar-refractivity contribution in [2.24, 2.45) is 0 Å². The highest BCUT2D eigenvalue weighted by molar-refractivity contribution is 9.10. The number of benzene rings is 2. The molecule has 0 saturated carbocycles. The summed E-state index contributed by atoms with van der Waals surface area (Å²) in [6, 6.07) is 11.1. The summed E-state index contributed by atoms with van der Waals surface area (Å²) in [5.74, 6) is 0.480. The van der Waals surface area contributed by atoms with E-state index < -0.39 is 0 Å². The highest BCUT2D eigenvalue weighted by atomic mass is 79.9. The van der Waals surface area contributed by atoms with Crippen molar-refractivity contribution in [3.05, 3.63) is 57.0 Å². The van der Waals surface area contributed by atoms with Gasteiger partial charge in [0.05, 0.1) is 16.1 Å². The third kappa shape index (κ3) is 3.03. The SMILES string of the molecule is O=C1COc2ccc(C(Cl)c3ccc(Br)c(Cl)c3)cc2N1. The van der Waals surface area contributed by atoms with E-state index in [1.165, 1.54) is 0 Å². The summed E-state index contributed by atoms with van der Waals surface area (Å²) in [7, 11) is 0. The molecule has 108 valence electrons. The molecule has 0 saturated heterocycles. The summed E-state index contributed by atoms with van der Waals surface area (Å²) < 4.78 is 6.15. The van der Waals surface area contributed by atoms with Gasteiger partial charge < -0.3 is 10.1 Å². The van der Waals surface area contributed by atoms with Crippen LogP contribution in [0.2, 0.25) is 5.02 Å². The van der Waals surface area contributed by atoms with Gasteiger partial charge >= 0.3 is 0 Å². The number of carbonyl (C=O) groups excluding carboxylic acids is 1. The second-order valence-corrected chi connectivity index (χ2v) is 6.33. The topological polar surface area (TPSA) is 38.3 Å². The lowest BCUT2D eigenvalue weighted by atomic mass is 10.0. The van der Waals surface area contributed by atoms with Gasteiger partial charge in [0, 0.05) is 4.47 Å². The Morgan fingerprint density at radius 1 is 1.19 bits per heavy atom. The van der Waals surface area contributed by atoms with Crippen LogP contribution in [0.1, 0.15) is 16.5 Å². The van der Waals surface area contributed by atoms with Crippen LogP contribution in [0, 0.1) is 0 Å². The van der Waals surface area contributed by atoms with Crippen LogP contribution in [-0.2, 0) is 4.79 Å².